The summed E-state index contributed by atoms with van der Waals surface area (Å²) in [5.41, 5.74) is 11.7. The average molecular weight is 679 g/mol. The molecule has 0 bridgehead atoms. The molecule has 1 fully saturated rings. The van der Waals surface area contributed by atoms with E-state index in [4.69, 9.17) is 5.73 Å². The highest BCUT2D eigenvalue weighted by atomic mass is 16.2. The molecular weight excluding hydrogens is 633 g/mol. The summed E-state index contributed by atoms with van der Waals surface area (Å²) in [5, 5.41) is 5.54. The molecule has 1 saturated carbocycles. The first-order valence-electron chi connectivity index (χ1n) is 18.3. The number of hydrogen-bond donors (Lipinski definition) is 2. The van der Waals surface area contributed by atoms with Crippen molar-refractivity contribution >= 4 is 45.6 Å². The van der Waals surface area contributed by atoms with Gasteiger partial charge in [-0.25, -0.2) is 0 Å². The molecule has 0 saturated heterocycles. The lowest BCUT2D eigenvalue weighted by atomic mass is 9.82. The van der Waals surface area contributed by atoms with Gasteiger partial charge >= 0.3 is 0 Å². The first-order chi connectivity index (χ1) is 24.9. The van der Waals surface area contributed by atoms with E-state index in [1.807, 2.05) is 78.9 Å². The van der Waals surface area contributed by atoms with Crippen LogP contribution in [-0.2, 0) is 20.9 Å². The van der Waals surface area contributed by atoms with E-state index >= 15 is 0 Å². The maximum atomic E-state index is 14.9. The van der Waals surface area contributed by atoms with Gasteiger partial charge in [0.2, 0.25) is 11.8 Å². The molecule has 1 heterocycles. The van der Waals surface area contributed by atoms with Gasteiger partial charge < -0.3 is 20.9 Å². The van der Waals surface area contributed by atoms with E-state index in [0.29, 0.717) is 25.3 Å². The topological polar surface area (TPSA) is 95.7 Å². The number of unbranched alkanes of at least 4 members (excludes halogenated alkanes) is 1. The third-order valence-corrected chi connectivity index (χ3v) is 10.5. The fourth-order valence-corrected chi connectivity index (χ4v) is 7.52. The molecule has 7 rings (SSSR count). The molecule has 3 unspecified atom stereocenters. The first-order valence-corrected chi connectivity index (χ1v) is 18.3. The van der Waals surface area contributed by atoms with Gasteiger partial charge in [-0.05, 0) is 82.6 Å². The minimum Gasteiger partial charge on any atom is -0.369 e. The number of para-hydroxylation sites is 3. The normalized spacial score (nSPS) is 17.0. The van der Waals surface area contributed by atoms with Crippen LogP contribution in [0.5, 0.6) is 0 Å². The molecule has 51 heavy (non-hydrogen) atoms. The highest BCUT2D eigenvalue weighted by Crippen LogP contribution is 2.40. The number of hydrogen-bond acceptors (Lipinski definition) is 4. The Morgan fingerprint density at radius 2 is 1.49 bits per heavy atom. The SMILES string of the molecule is CCCCC(C(N)=O)C(CC1CC1)C(=O)NC1CN(c2ccccc2)c2ccccc2N(Cc2cccc(-c3ccc4ccccc4c3)c2)C1=O. The summed E-state index contributed by atoms with van der Waals surface area (Å²) in [6, 6.07) is 40.1. The number of rotatable bonds is 13. The van der Waals surface area contributed by atoms with Crippen molar-refractivity contribution in [2.45, 2.75) is 58.0 Å². The number of primary amides is 1. The Hall–Kier alpha value is -5.43. The van der Waals surface area contributed by atoms with Gasteiger partial charge in [-0.3, -0.25) is 14.4 Å². The van der Waals surface area contributed by atoms with Crippen LogP contribution in [0, 0.1) is 17.8 Å². The lowest BCUT2D eigenvalue weighted by Gasteiger charge is -2.29. The maximum Gasteiger partial charge on any atom is 0.251 e. The average Bonchev–Trinajstić information content (AvgIpc) is 4.00. The van der Waals surface area contributed by atoms with Crippen LogP contribution in [0.2, 0.25) is 0 Å². The van der Waals surface area contributed by atoms with Gasteiger partial charge in [-0.1, -0.05) is 118 Å². The van der Waals surface area contributed by atoms with Crippen LogP contribution in [0.15, 0.2) is 121 Å². The lowest BCUT2D eigenvalue weighted by Crippen LogP contribution is -2.54. The second-order valence-corrected chi connectivity index (χ2v) is 14.1. The van der Waals surface area contributed by atoms with Crippen molar-refractivity contribution in [2.24, 2.45) is 23.5 Å². The minimum atomic E-state index is -0.866. The molecule has 5 aromatic carbocycles. The van der Waals surface area contributed by atoms with Crippen LogP contribution in [0.3, 0.4) is 0 Å². The van der Waals surface area contributed by atoms with Crippen LogP contribution >= 0.6 is 0 Å². The highest BCUT2D eigenvalue weighted by Gasteiger charge is 2.40. The van der Waals surface area contributed by atoms with Crippen LogP contribution < -0.4 is 20.9 Å². The Morgan fingerprint density at radius 3 is 2.24 bits per heavy atom. The zero-order valence-electron chi connectivity index (χ0n) is 29.2. The molecule has 1 aliphatic carbocycles. The van der Waals surface area contributed by atoms with E-state index in [0.717, 1.165) is 59.4 Å². The number of anilines is 3. The molecular formula is C44H46N4O3. The monoisotopic (exact) mass is 678 g/mol. The van der Waals surface area contributed by atoms with Gasteiger partial charge in [-0.2, -0.15) is 0 Å². The summed E-state index contributed by atoms with van der Waals surface area (Å²) in [6.45, 7) is 2.63. The van der Waals surface area contributed by atoms with Crippen LogP contribution in [0.25, 0.3) is 21.9 Å². The van der Waals surface area contributed by atoms with Crippen molar-refractivity contribution < 1.29 is 14.4 Å². The standard InChI is InChI=1S/C44H46N4O3/c1-2-3-18-37(42(45)49)38(26-30-21-22-30)43(50)46-39-29-47(36-16-5-4-6-17-36)40-19-9-10-20-41(40)48(44(39)51)28-31-12-11-15-33(25-31)35-24-23-32-13-7-8-14-34(32)27-35/h4-17,19-20,23-25,27,30,37-39H,2-3,18,21-22,26,28-29H2,1H3,(H2,45,49)(H,46,50). The number of carbonyl (C=O) groups is 3. The summed E-state index contributed by atoms with van der Waals surface area (Å²) < 4.78 is 0. The Bertz CT molecular complexity index is 2020. The molecule has 7 heteroatoms. The molecule has 1 aliphatic heterocycles. The van der Waals surface area contributed by atoms with Crippen LogP contribution in [0.4, 0.5) is 17.1 Å². The van der Waals surface area contributed by atoms with E-state index in [1.54, 1.807) is 4.90 Å². The molecule has 3 N–H and O–H groups in total. The number of carbonyl (C=O) groups excluding carboxylic acids is 3. The maximum absolute atomic E-state index is 14.9. The Balaban J connectivity index is 1.24. The fourth-order valence-electron chi connectivity index (χ4n) is 7.52. The molecule has 260 valence electrons. The Morgan fingerprint density at radius 1 is 0.784 bits per heavy atom. The van der Waals surface area contributed by atoms with Crippen molar-refractivity contribution in [3.63, 3.8) is 0 Å². The van der Waals surface area contributed by atoms with E-state index in [2.05, 4.69) is 59.6 Å². The number of nitrogens with one attached hydrogen (secondary N) is 1. The van der Waals surface area contributed by atoms with E-state index in [1.165, 1.54) is 10.8 Å². The number of benzene rings is 5. The minimum absolute atomic E-state index is 0.195. The second kappa shape index (κ2) is 15.2. The second-order valence-electron chi connectivity index (χ2n) is 14.1. The van der Waals surface area contributed by atoms with Gasteiger partial charge in [0.15, 0.2) is 0 Å². The third-order valence-electron chi connectivity index (χ3n) is 10.5. The lowest BCUT2D eigenvalue weighted by molar-refractivity contribution is -0.135. The largest absolute Gasteiger partial charge is 0.369 e. The number of amides is 3. The molecule has 3 atom stereocenters. The van der Waals surface area contributed by atoms with Crippen molar-refractivity contribution in [1.82, 2.24) is 5.32 Å². The summed E-state index contributed by atoms with van der Waals surface area (Å²) in [7, 11) is 0. The number of nitrogens with two attached hydrogens (primary N) is 1. The van der Waals surface area contributed by atoms with Gasteiger partial charge in [0.25, 0.3) is 5.91 Å². The van der Waals surface area contributed by atoms with Crippen LogP contribution in [0.1, 0.15) is 51.0 Å². The van der Waals surface area contributed by atoms with E-state index < -0.39 is 23.8 Å². The number of nitrogens with zero attached hydrogens (tertiary/aromatic N) is 2. The van der Waals surface area contributed by atoms with Gasteiger partial charge in [0.1, 0.15) is 6.04 Å². The van der Waals surface area contributed by atoms with Crippen molar-refractivity contribution in [2.75, 3.05) is 16.3 Å². The molecule has 3 amide bonds. The predicted octanol–water partition coefficient (Wildman–Crippen LogP) is 8.38. The number of fused-ring (bicyclic) bond motifs is 2. The Labute approximate surface area is 300 Å². The van der Waals surface area contributed by atoms with E-state index in [-0.39, 0.29) is 18.4 Å². The van der Waals surface area contributed by atoms with Crippen molar-refractivity contribution in [3.8, 4) is 11.1 Å². The highest BCUT2D eigenvalue weighted by molar-refractivity contribution is 6.04. The smallest absolute Gasteiger partial charge is 0.251 e. The van der Waals surface area contributed by atoms with Gasteiger partial charge in [0, 0.05) is 17.5 Å². The van der Waals surface area contributed by atoms with Crippen LogP contribution in [-0.4, -0.2) is 30.3 Å². The predicted molar refractivity (Wildman–Crippen MR) is 205 cm³/mol. The molecule has 5 aromatic rings. The first kappa shape index (κ1) is 34.0. The summed E-state index contributed by atoms with van der Waals surface area (Å²) in [5.74, 6) is -1.63. The molecule has 0 spiro atoms. The summed E-state index contributed by atoms with van der Waals surface area (Å²) >= 11 is 0. The molecule has 7 nitrogen and oxygen atoms in total. The molecule has 0 aromatic heterocycles. The zero-order valence-corrected chi connectivity index (χ0v) is 29.2. The third kappa shape index (κ3) is 7.68. The molecule has 0 radical (unpaired) electrons. The van der Waals surface area contributed by atoms with Crippen molar-refractivity contribution in [3.05, 3.63) is 127 Å². The van der Waals surface area contributed by atoms with Gasteiger partial charge in [0.05, 0.1) is 24.5 Å². The van der Waals surface area contributed by atoms with Gasteiger partial charge in [-0.15, -0.1) is 0 Å². The quantitative estimate of drug-likeness (QED) is 0.131. The fraction of sp³-hybridized carbons (Fsp3) is 0.295. The summed E-state index contributed by atoms with van der Waals surface area (Å²) in [6.07, 6.45) is 5.00. The van der Waals surface area contributed by atoms with E-state index in [9.17, 15) is 14.4 Å². The zero-order chi connectivity index (χ0) is 35.3. The Kier molecular flexibility index (Phi) is 10.2. The molecule has 2 aliphatic rings. The summed E-state index contributed by atoms with van der Waals surface area (Å²) in [4.78, 5) is 45.8. The van der Waals surface area contributed by atoms with Crippen molar-refractivity contribution in [1.29, 1.82) is 0 Å².